The summed E-state index contributed by atoms with van der Waals surface area (Å²) in [6.07, 6.45) is 2.05. The summed E-state index contributed by atoms with van der Waals surface area (Å²) in [6, 6.07) is 3.82. The third-order valence-corrected chi connectivity index (χ3v) is 3.23. The van der Waals surface area contributed by atoms with Gasteiger partial charge in [-0.15, -0.1) is 0 Å². The van der Waals surface area contributed by atoms with Gasteiger partial charge in [0.1, 0.15) is 0 Å². The fraction of sp³-hybridized carbons (Fsp3) is 0.385. The summed E-state index contributed by atoms with van der Waals surface area (Å²) < 4.78 is 15.9. The first-order valence-electron chi connectivity index (χ1n) is 5.20. The molecule has 0 N–H and O–H groups in total. The van der Waals surface area contributed by atoms with Crippen molar-refractivity contribution in [2.75, 3.05) is 26.7 Å². The van der Waals surface area contributed by atoms with Crippen molar-refractivity contribution in [3.8, 4) is 17.2 Å². The maximum absolute atomic E-state index is 5.39. The van der Waals surface area contributed by atoms with Crippen LogP contribution in [0.1, 0.15) is 12.5 Å². The van der Waals surface area contributed by atoms with Crippen molar-refractivity contribution >= 4 is 22.0 Å². The number of allylic oxidation sites excluding steroid dienone is 1. The highest BCUT2D eigenvalue weighted by molar-refractivity contribution is 9.09. The molecule has 0 unspecified atom stereocenters. The molecule has 0 bridgehead atoms. The quantitative estimate of drug-likeness (QED) is 0.779. The summed E-state index contributed by atoms with van der Waals surface area (Å²) in [6.45, 7) is 2.05. The van der Waals surface area contributed by atoms with Crippen molar-refractivity contribution in [2.45, 2.75) is 6.92 Å². The normalized spacial score (nSPS) is 11.2. The molecule has 0 aliphatic rings. The Kier molecular flexibility index (Phi) is 5.35. The standard InChI is InChI=1S/C13H17BrO3/c1-9(8-14)7-10-5-6-11(15-2)13(17-4)12(10)16-3/h5-7H,8H2,1-4H3. The van der Waals surface area contributed by atoms with Crippen LogP contribution in [0.15, 0.2) is 17.7 Å². The average molecular weight is 301 g/mol. The zero-order valence-corrected chi connectivity index (χ0v) is 12.1. The molecule has 1 aromatic rings. The summed E-state index contributed by atoms with van der Waals surface area (Å²) in [5.41, 5.74) is 2.18. The molecule has 0 spiro atoms. The first-order valence-corrected chi connectivity index (χ1v) is 6.32. The monoisotopic (exact) mass is 300 g/mol. The van der Waals surface area contributed by atoms with Gasteiger partial charge < -0.3 is 14.2 Å². The zero-order chi connectivity index (χ0) is 12.8. The zero-order valence-electron chi connectivity index (χ0n) is 10.5. The van der Waals surface area contributed by atoms with Gasteiger partial charge in [0, 0.05) is 10.9 Å². The second-order valence-corrected chi connectivity index (χ2v) is 4.11. The molecule has 0 atom stereocenters. The molecule has 0 aliphatic carbocycles. The molecule has 3 nitrogen and oxygen atoms in total. The molecule has 0 fully saturated rings. The van der Waals surface area contributed by atoms with E-state index in [0.29, 0.717) is 17.2 Å². The van der Waals surface area contributed by atoms with Crippen LogP contribution in [-0.4, -0.2) is 26.7 Å². The summed E-state index contributed by atoms with van der Waals surface area (Å²) in [5, 5.41) is 0.824. The molecular weight excluding hydrogens is 284 g/mol. The molecule has 1 aromatic carbocycles. The van der Waals surface area contributed by atoms with Crippen LogP contribution in [0.5, 0.6) is 17.2 Å². The maximum atomic E-state index is 5.39. The van der Waals surface area contributed by atoms with E-state index >= 15 is 0 Å². The van der Waals surface area contributed by atoms with Gasteiger partial charge in [0.15, 0.2) is 11.5 Å². The van der Waals surface area contributed by atoms with Crippen LogP contribution in [0.4, 0.5) is 0 Å². The van der Waals surface area contributed by atoms with Crippen molar-refractivity contribution in [1.29, 1.82) is 0 Å². The molecule has 0 saturated heterocycles. The number of hydrogen-bond acceptors (Lipinski definition) is 3. The lowest BCUT2D eigenvalue weighted by molar-refractivity contribution is 0.324. The van der Waals surface area contributed by atoms with Crippen molar-refractivity contribution in [3.05, 3.63) is 23.3 Å². The lowest BCUT2D eigenvalue weighted by Crippen LogP contribution is -1.97. The number of benzene rings is 1. The van der Waals surface area contributed by atoms with Gasteiger partial charge in [-0.05, 0) is 19.1 Å². The third-order valence-electron chi connectivity index (χ3n) is 2.35. The predicted octanol–water partition coefficient (Wildman–Crippen LogP) is 3.51. The molecule has 1 rings (SSSR count). The van der Waals surface area contributed by atoms with E-state index in [1.165, 1.54) is 5.57 Å². The summed E-state index contributed by atoms with van der Waals surface area (Å²) >= 11 is 3.42. The van der Waals surface area contributed by atoms with E-state index in [1.54, 1.807) is 21.3 Å². The Bertz CT molecular complexity index is 413. The van der Waals surface area contributed by atoms with Gasteiger partial charge in [-0.1, -0.05) is 27.6 Å². The Morgan fingerprint density at radius 2 is 1.76 bits per heavy atom. The van der Waals surface area contributed by atoms with Crippen LogP contribution in [-0.2, 0) is 0 Å². The van der Waals surface area contributed by atoms with Gasteiger partial charge in [0.25, 0.3) is 0 Å². The van der Waals surface area contributed by atoms with Gasteiger partial charge in [0.05, 0.1) is 21.3 Å². The van der Waals surface area contributed by atoms with Crippen molar-refractivity contribution in [3.63, 3.8) is 0 Å². The number of rotatable bonds is 5. The lowest BCUT2D eigenvalue weighted by atomic mass is 10.1. The Morgan fingerprint density at radius 3 is 2.24 bits per heavy atom. The van der Waals surface area contributed by atoms with E-state index < -0.39 is 0 Å². The maximum Gasteiger partial charge on any atom is 0.203 e. The number of alkyl halides is 1. The summed E-state index contributed by atoms with van der Waals surface area (Å²) in [5.74, 6) is 1.97. The van der Waals surface area contributed by atoms with Gasteiger partial charge in [0.2, 0.25) is 5.75 Å². The Balaban J connectivity index is 3.33. The smallest absolute Gasteiger partial charge is 0.203 e. The molecule has 94 valence electrons. The summed E-state index contributed by atoms with van der Waals surface area (Å²) in [4.78, 5) is 0. The molecule has 4 heteroatoms. The SMILES string of the molecule is COc1ccc(C=C(C)CBr)c(OC)c1OC. The molecule has 0 radical (unpaired) electrons. The Labute approximate surface area is 111 Å². The molecule has 0 saturated carbocycles. The van der Waals surface area contributed by atoms with E-state index in [0.717, 1.165) is 10.9 Å². The van der Waals surface area contributed by atoms with Crippen LogP contribution in [0, 0.1) is 0 Å². The number of hydrogen-bond donors (Lipinski definition) is 0. The molecule has 17 heavy (non-hydrogen) atoms. The first kappa shape index (κ1) is 13.9. The average Bonchev–Trinajstić information content (AvgIpc) is 2.37. The minimum atomic E-state index is 0.617. The number of methoxy groups -OCH3 is 3. The van der Waals surface area contributed by atoms with Gasteiger partial charge >= 0.3 is 0 Å². The van der Waals surface area contributed by atoms with Crippen LogP contribution < -0.4 is 14.2 Å². The predicted molar refractivity (Wildman–Crippen MR) is 73.5 cm³/mol. The number of halogens is 1. The van der Waals surface area contributed by atoms with Crippen LogP contribution in [0.2, 0.25) is 0 Å². The highest BCUT2D eigenvalue weighted by Gasteiger charge is 2.14. The first-order chi connectivity index (χ1) is 8.17. The molecule has 0 aromatic heterocycles. The van der Waals surface area contributed by atoms with Crippen molar-refractivity contribution < 1.29 is 14.2 Å². The van der Waals surface area contributed by atoms with E-state index in [2.05, 4.69) is 22.0 Å². The summed E-state index contributed by atoms with van der Waals surface area (Å²) in [7, 11) is 4.83. The van der Waals surface area contributed by atoms with Crippen LogP contribution in [0.25, 0.3) is 6.08 Å². The van der Waals surface area contributed by atoms with E-state index in [4.69, 9.17) is 14.2 Å². The minimum absolute atomic E-state index is 0.617. The van der Waals surface area contributed by atoms with E-state index in [9.17, 15) is 0 Å². The van der Waals surface area contributed by atoms with Gasteiger partial charge in [-0.3, -0.25) is 0 Å². The van der Waals surface area contributed by atoms with E-state index in [1.807, 2.05) is 19.1 Å². The second kappa shape index (κ2) is 6.55. The molecule has 0 heterocycles. The van der Waals surface area contributed by atoms with Crippen molar-refractivity contribution in [2.24, 2.45) is 0 Å². The fourth-order valence-corrected chi connectivity index (χ4v) is 1.70. The highest BCUT2D eigenvalue weighted by Crippen LogP contribution is 2.40. The number of ether oxygens (including phenoxy) is 3. The highest BCUT2D eigenvalue weighted by atomic mass is 79.9. The fourth-order valence-electron chi connectivity index (χ4n) is 1.54. The second-order valence-electron chi connectivity index (χ2n) is 3.55. The largest absolute Gasteiger partial charge is 0.493 e. The van der Waals surface area contributed by atoms with Gasteiger partial charge in [-0.25, -0.2) is 0 Å². The van der Waals surface area contributed by atoms with E-state index in [-0.39, 0.29) is 0 Å². The molecular formula is C13H17BrO3. The van der Waals surface area contributed by atoms with Crippen LogP contribution >= 0.6 is 15.9 Å². The van der Waals surface area contributed by atoms with Crippen LogP contribution in [0.3, 0.4) is 0 Å². The minimum Gasteiger partial charge on any atom is -0.493 e. The van der Waals surface area contributed by atoms with Gasteiger partial charge in [-0.2, -0.15) is 0 Å². The van der Waals surface area contributed by atoms with Crippen molar-refractivity contribution in [1.82, 2.24) is 0 Å². The Hall–Kier alpha value is -1.16. The molecule has 0 amide bonds. The molecule has 0 aliphatic heterocycles. The Morgan fingerprint density at radius 1 is 1.12 bits per heavy atom. The topological polar surface area (TPSA) is 27.7 Å². The third kappa shape index (κ3) is 3.16. The lowest BCUT2D eigenvalue weighted by Gasteiger charge is -2.14.